The molecular formula is C31H38ClN3O5S. The highest BCUT2D eigenvalue weighted by molar-refractivity contribution is 7.92. The number of benzene rings is 3. The third-order valence-electron chi connectivity index (χ3n) is 6.90. The molecule has 3 aromatic rings. The molecule has 3 aromatic carbocycles. The number of ether oxygens (including phenoxy) is 1. The molecule has 2 atom stereocenters. The summed E-state index contributed by atoms with van der Waals surface area (Å²) in [6.45, 7) is 7.19. The van der Waals surface area contributed by atoms with Crippen LogP contribution in [0.3, 0.4) is 0 Å². The molecular weight excluding hydrogens is 562 g/mol. The Morgan fingerprint density at radius 2 is 1.54 bits per heavy atom. The standard InChI is InChI=1S/C31H38ClN3O5S/c1-6-23(4)33-31(37)29(7-2)34(20-24-10-12-25(32)13-11-24)30(36)21-35(26-14-8-22(3)9-15-26)41(38,39)28-18-16-27(40-5)17-19-28/h8-19,23,29H,6-7,20-21H2,1-5H3,(H,33,37)/t23-,29+/m0/s1. The molecule has 0 aliphatic carbocycles. The van der Waals surface area contributed by atoms with E-state index in [1.54, 1.807) is 60.7 Å². The summed E-state index contributed by atoms with van der Waals surface area (Å²) in [5.41, 5.74) is 2.04. The number of sulfonamides is 1. The number of anilines is 1. The zero-order valence-electron chi connectivity index (χ0n) is 24.1. The molecule has 0 fully saturated rings. The highest BCUT2D eigenvalue weighted by Gasteiger charge is 2.34. The second-order valence-corrected chi connectivity index (χ2v) is 12.2. The molecule has 0 aliphatic heterocycles. The Bertz CT molecular complexity index is 1410. The number of carbonyl (C=O) groups is 2. The summed E-state index contributed by atoms with van der Waals surface area (Å²) in [6.07, 6.45) is 1.08. The molecule has 0 heterocycles. The lowest BCUT2D eigenvalue weighted by Gasteiger charge is -2.33. The predicted octanol–water partition coefficient (Wildman–Crippen LogP) is 5.57. The maximum absolute atomic E-state index is 14.1. The molecule has 0 saturated heterocycles. The van der Waals surface area contributed by atoms with Crippen LogP contribution >= 0.6 is 11.6 Å². The number of aryl methyl sites for hydroxylation is 1. The van der Waals surface area contributed by atoms with Crippen molar-refractivity contribution in [2.45, 2.75) is 64.1 Å². The van der Waals surface area contributed by atoms with Gasteiger partial charge in [0.15, 0.2) is 0 Å². The van der Waals surface area contributed by atoms with Gasteiger partial charge in [-0.15, -0.1) is 0 Å². The predicted molar refractivity (Wildman–Crippen MR) is 163 cm³/mol. The quantitative estimate of drug-likeness (QED) is 0.277. The van der Waals surface area contributed by atoms with E-state index in [-0.39, 0.29) is 23.4 Å². The number of rotatable bonds is 13. The van der Waals surface area contributed by atoms with Crippen LogP contribution in [0.2, 0.25) is 5.02 Å². The second kappa shape index (κ2) is 14.4. The normalized spacial score (nSPS) is 12.7. The van der Waals surface area contributed by atoms with Gasteiger partial charge in [-0.2, -0.15) is 0 Å². The van der Waals surface area contributed by atoms with Gasteiger partial charge in [0, 0.05) is 17.6 Å². The van der Waals surface area contributed by atoms with Crippen LogP contribution in [-0.4, -0.2) is 50.9 Å². The average Bonchev–Trinajstić information content (AvgIpc) is 2.97. The first-order valence-corrected chi connectivity index (χ1v) is 15.4. The Balaban J connectivity index is 2.05. The SMILES string of the molecule is CC[C@H](C(=O)N[C@@H](C)CC)N(Cc1ccc(Cl)cc1)C(=O)CN(c1ccc(C)cc1)S(=O)(=O)c1ccc(OC)cc1. The summed E-state index contributed by atoms with van der Waals surface area (Å²) in [6, 6.07) is 19.0. The molecule has 0 bridgehead atoms. The smallest absolute Gasteiger partial charge is 0.264 e. The van der Waals surface area contributed by atoms with E-state index in [9.17, 15) is 18.0 Å². The van der Waals surface area contributed by atoms with Gasteiger partial charge in [0.1, 0.15) is 18.3 Å². The first-order valence-electron chi connectivity index (χ1n) is 13.6. The van der Waals surface area contributed by atoms with E-state index in [2.05, 4.69) is 5.32 Å². The molecule has 0 spiro atoms. The first-order chi connectivity index (χ1) is 19.5. The van der Waals surface area contributed by atoms with Crippen LogP contribution in [-0.2, 0) is 26.2 Å². The largest absolute Gasteiger partial charge is 0.497 e. The molecule has 41 heavy (non-hydrogen) atoms. The minimum atomic E-state index is -4.16. The van der Waals surface area contributed by atoms with Crippen molar-refractivity contribution in [2.24, 2.45) is 0 Å². The van der Waals surface area contributed by atoms with E-state index >= 15 is 0 Å². The van der Waals surface area contributed by atoms with Gasteiger partial charge in [0.05, 0.1) is 17.7 Å². The third kappa shape index (κ3) is 8.24. The van der Waals surface area contributed by atoms with Gasteiger partial charge < -0.3 is 15.0 Å². The van der Waals surface area contributed by atoms with Crippen LogP contribution in [0.15, 0.2) is 77.7 Å². The van der Waals surface area contributed by atoms with Crippen LogP contribution in [0, 0.1) is 6.92 Å². The van der Waals surface area contributed by atoms with Crippen LogP contribution in [0.25, 0.3) is 0 Å². The molecule has 0 radical (unpaired) electrons. The Hall–Kier alpha value is -3.56. The van der Waals surface area contributed by atoms with Crippen LogP contribution in [0.5, 0.6) is 5.75 Å². The number of amides is 2. The minimum absolute atomic E-state index is 0.0116. The van der Waals surface area contributed by atoms with Gasteiger partial charge in [-0.25, -0.2) is 8.42 Å². The van der Waals surface area contributed by atoms with E-state index in [1.165, 1.54) is 24.1 Å². The average molecular weight is 600 g/mol. The van der Waals surface area contributed by atoms with Crippen molar-refractivity contribution in [3.8, 4) is 5.75 Å². The molecule has 220 valence electrons. The zero-order valence-corrected chi connectivity index (χ0v) is 25.7. The second-order valence-electron chi connectivity index (χ2n) is 9.91. The van der Waals surface area contributed by atoms with Crippen LogP contribution < -0.4 is 14.4 Å². The summed E-state index contributed by atoms with van der Waals surface area (Å²) in [5.74, 6) is -0.290. The van der Waals surface area contributed by atoms with E-state index < -0.39 is 28.5 Å². The summed E-state index contributed by atoms with van der Waals surface area (Å²) < 4.78 is 34.2. The lowest BCUT2D eigenvalue weighted by molar-refractivity contribution is -0.140. The molecule has 2 amide bonds. The summed E-state index contributed by atoms with van der Waals surface area (Å²) in [4.78, 5) is 28.9. The Kier molecular flexibility index (Phi) is 11.2. The van der Waals surface area contributed by atoms with E-state index in [4.69, 9.17) is 16.3 Å². The maximum Gasteiger partial charge on any atom is 0.264 e. The maximum atomic E-state index is 14.1. The monoisotopic (exact) mass is 599 g/mol. The first kappa shape index (κ1) is 32.0. The van der Waals surface area contributed by atoms with Crippen molar-refractivity contribution in [1.29, 1.82) is 0 Å². The van der Waals surface area contributed by atoms with E-state index in [1.807, 2.05) is 27.7 Å². The third-order valence-corrected chi connectivity index (χ3v) is 8.94. The summed E-state index contributed by atoms with van der Waals surface area (Å²) in [5, 5.41) is 3.52. The van der Waals surface area contributed by atoms with Gasteiger partial charge in [-0.05, 0) is 80.8 Å². The van der Waals surface area contributed by atoms with Crippen molar-refractivity contribution in [2.75, 3.05) is 18.0 Å². The Morgan fingerprint density at radius 3 is 2.07 bits per heavy atom. The molecule has 3 rings (SSSR count). The number of hydrogen-bond donors (Lipinski definition) is 1. The lowest BCUT2D eigenvalue weighted by atomic mass is 10.1. The van der Waals surface area contributed by atoms with Gasteiger partial charge in [-0.3, -0.25) is 13.9 Å². The molecule has 0 saturated carbocycles. The Labute approximate surface area is 248 Å². The fourth-order valence-corrected chi connectivity index (χ4v) is 5.80. The molecule has 10 heteroatoms. The summed E-state index contributed by atoms with van der Waals surface area (Å²) in [7, 11) is -2.66. The molecule has 0 unspecified atom stereocenters. The number of halogens is 1. The number of methoxy groups -OCH3 is 1. The number of carbonyl (C=O) groups excluding carboxylic acids is 2. The molecule has 1 N–H and O–H groups in total. The van der Waals surface area contributed by atoms with Crippen molar-refractivity contribution < 1.29 is 22.7 Å². The highest BCUT2D eigenvalue weighted by atomic mass is 35.5. The van der Waals surface area contributed by atoms with E-state index in [0.717, 1.165) is 21.9 Å². The van der Waals surface area contributed by atoms with Gasteiger partial charge in [-0.1, -0.05) is 55.3 Å². The van der Waals surface area contributed by atoms with E-state index in [0.29, 0.717) is 22.9 Å². The fourth-order valence-electron chi connectivity index (χ4n) is 4.26. The minimum Gasteiger partial charge on any atom is -0.497 e. The molecule has 0 aromatic heterocycles. The fraction of sp³-hybridized carbons (Fsp3) is 0.355. The van der Waals surface area contributed by atoms with Crippen molar-refractivity contribution >= 4 is 39.1 Å². The van der Waals surface area contributed by atoms with Crippen LogP contribution in [0.1, 0.15) is 44.7 Å². The highest BCUT2D eigenvalue weighted by Crippen LogP contribution is 2.26. The van der Waals surface area contributed by atoms with Crippen molar-refractivity contribution in [3.63, 3.8) is 0 Å². The van der Waals surface area contributed by atoms with Crippen LogP contribution in [0.4, 0.5) is 5.69 Å². The van der Waals surface area contributed by atoms with Crippen molar-refractivity contribution in [1.82, 2.24) is 10.2 Å². The Morgan fingerprint density at radius 1 is 0.927 bits per heavy atom. The zero-order chi connectivity index (χ0) is 30.2. The lowest BCUT2D eigenvalue weighted by Crippen LogP contribution is -2.53. The van der Waals surface area contributed by atoms with Gasteiger partial charge in [0.25, 0.3) is 10.0 Å². The topological polar surface area (TPSA) is 96.0 Å². The van der Waals surface area contributed by atoms with Gasteiger partial charge >= 0.3 is 0 Å². The molecule has 0 aliphatic rings. The number of nitrogens with one attached hydrogen (secondary N) is 1. The molecule has 8 nitrogen and oxygen atoms in total. The summed E-state index contributed by atoms with van der Waals surface area (Å²) >= 11 is 6.07. The van der Waals surface area contributed by atoms with Gasteiger partial charge in [0.2, 0.25) is 11.8 Å². The number of hydrogen-bond acceptors (Lipinski definition) is 5. The number of nitrogens with zero attached hydrogens (tertiary/aromatic N) is 2. The van der Waals surface area contributed by atoms with Crippen molar-refractivity contribution in [3.05, 3.63) is 88.9 Å².